The summed E-state index contributed by atoms with van der Waals surface area (Å²) in [5.41, 5.74) is 1.80. The largest absolute Gasteiger partial charge is 0.445 e. The molecular weight excluding hydrogens is 420 g/mol. The molecule has 0 atom stereocenters. The maximum absolute atomic E-state index is 13.6. The van der Waals surface area contributed by atoms with Gasteiger partial charge in [-0.15, -0.1) is 0 Å². The van der Waals surface area contributed by atoms with Gasteiger partial charge in [0.1, 0.15) is 6.26 Å². The Balaban J connectivity index is 1.64. The van der Waals surface area contributed by atoms with E-state index in [2.05, 4.69) is 4.98 Å². The molecule has 0 radical (unpaired) electrons. The Morgan fingerprint density at radius 2 is 1.63 bits per heavy atom. The Labute approximate surface area is 182 Å². The highest BCUT2D eigenvalue weighted by molar-refractivity contribution is 7.89. The van der Waals surface area contributed by atoms with E-state index < -0.39 is 10.0 Å². The average Bonchev–Trinajstić information content (AvgIpc) is 3.16. The van der Waals surface area contributed by atoms with Gasteiger partial charge in [-0.2, -0.15) is 4.31 Å². The highest BCUT2D eigenvalue weighted by Gasteiger charge is 2.32. The monoisotopic (exact) mass is 444 g/mol. The molecule has 1 fully saturated rings. The molecule has 0 unspecified atom stereocenters. The molecule has 30 heavy (non-hydrogen) atoms. The molecule has 0 aliphatic heterocycles. The van der Waals surface area contributed by atoms with E-state index in [-0.39, 0.29) is 10.9 Å². The lowest BCUT2D eigenvalue weighted by molar-refractivity contribution is 0.286. The fourth-order valence-electron chi connectivity index (χ4n) is 4.00. The van der Waals surface area contributed by atoms with Crippen LogP contribution in [-0.2, 0) is 16.6 Å². The van der Waals surface area contributed by atoms with E-state index in [9.17, 15) is 8.42 Å². The average molecular weight is 445 g/mol. The summed E-state index contributed by atoms with van der Waals surface area (Å²) in [6.07, 6.45) is 9.36. The number of hydrogen-bond donors (Lipinski definition) is 0. The van der Waals surface area contributed by atoms with Crippen molar-refractivity contribution < 1.29 is 12.8 Å². The molecule has 0 saturated heterocycles. The second-order valence-corrected chi connectivity index (χ2v) is 10.0. The molecule has 1 aliphatic rings. The van der Waals surface area contributed by atoms with Crippen molar-refractivity contribution in [2.75, 3.05) is 0 Å². The van der Waals surface area contributed by atoms with Gasteiger partial charge in [-0.3, -0.25) is 0 Å². The zero-order valence-corrected chi connectivity index (χ0v) is 18.3. The van der Waals surface area contributed by atoms with Crippen LogP contribution in [0.1, 0.15) is 44.1 Å². The van der Waals surface area contributed by atoms with Crippen LogP contribution >= 0.6 is 11.6 Å². The molecule has 0 bridgehead atoms. The van der Waals surface area contributed by atoms with Gasteiger partial charge in [0.05, 0.1) is 11.1 Å². The summed E-state index contributed by atoms with van der Waals surface area (Å²) in [4.78, 5) is 4.45. The van der Waals surface area contributed by atoms with Gasteiger partial charge in [0.25, 0.3) is 0 Å². The lowest BCUT2D eigenvalue weighted by Crippen LogP contribution is -2.39. The van der Waals surface area contributed by atoms with Crippen molar-refractivity contribution in [2.45, 2.75) is 56.0 Å². The van der Waals surface area contributed by atoms with Gasteiger partial charge in [0, 0.05) is 23.2 Å². The number of hydrogen-bond acceptors (Lipinski definition) is 4. The maximum atomic E-state index is 13.6. The highest BCUT2D eigenvalue weighted by Crippen LogP contribution is 2.30. The molecule has 1 saturated carbocycles. The second kappa shape index (κ2) is 9.33. The van der Waals surface area contributed by atoms with Gasteiger partial charge in [-0.25, -0.2) is 13.4 Å². The standard InChI is InChI=1S/C23H25ClN2O3S/c24-20-11-13-22(14-12-20)30(27,28)26(21-5-3-1-2-4-6-21)17-18-7-9-19(10-8-18)23-25-15-16-29-23/h7-16,21H,1-6,17H2. The van der Waals surface area contributed by atoms with Crippen LogP contribution in [0.3, 0.4) is 0 Å². The Morgan fingerprint density at radius 1 is 0.967 bits per heavy atom. The molecule has 158 valence electrons. The molecule has 2 aromatic carbocycles. The molecule has 0 amide bonds. The Hall–Kier alpha value is -2.15. The van der Waals surface area contributed by atoms with E-state index in [1.54, 1.807) is 34.8 Å². The zero-order chi connectivity index (χ0) is 21.0. The van der Waals surface area contributed by atoms with E-state index in [1.165, 1.54) is 6.26 Å². The molecular formula is C23H25ClN2O3S. The van der Waals surface area contributed by atoms with Crippen molar-refractivity contribution in [3.63, 3.8) is 0 Å². The van der Waals surface area contributed by atoms with Gasteiger partial charge < -0.3 is 4.42 Å². The molecule has 3 aromatic rings. The zero-order valence-electron chi connectivity index (χ0n) is 16.7. The molecule has 0 N–H and O–H groups in total. The summed E-state index contributed by atoms with van der Waals surface area (Å²) in [5.74, 6) is 0.552. The molecule has 0 spiro atoms. The van der Waals surface area contributed by atoms with E-state index >= 15 is 0 Å². The summed E-state index contributed by atoms with van der Waals surface area (Å²) < 4.78 is 34.2. The third kappa shape index (κ3) is 4.77. The normalized spacial score (nSPS) is 15.9. The Morgan fingerprint density at radius 3 is 2.23 bits per heavy atom. The van der Waals surface area contributed by atoms with E-state index in [0.717, 1.165) is 49.7 Å². The molecule has 7 heteroatoms. The van der Waals surface area contributed by atoms with Crippen LogP contribution < -0.4 is 0 Å². The molecule has 1 heterocycles. The molecule has 1 aromatic heterocycles. The minimum absolute atomic E-state index is 0.000375. The lowest BCUT2D eigenvalue weighted by Gasteiger charge is -2.30. The number of oxazole rings is 1. The summed E-state index contributed by atoms with van der Waals surface area (Å²) in [6, 6.07) is 14.2. The van der Waals surface area contributed by atoms with Crippen molar-refractivity contribution in [1.82, 2.24) is 9.29 Å². The number of benzene rings is 2. The molecule has 4 rings (SSSR count). The van der Waals surface area contributed by atoms with Crippen molar-refractivity contribution in [1.29, 1.82) is 0 Å². The minimum Gasteiger partial charge on any atom is -0.445 e. The Kier molecular flexibility index (Phi) is 6.56. The number of sulfonamides is 1. The van der Waals surface area contributed by atoms with Crippen LogP contribution in [-0.4, -0.2) is 23.7 Å². The quantitative estimate of drug-likeness (QED) is 0.443. The predicted molar refractivity (Wildman–Crippen MR) is 118 cm³/mol. The van der Waals surface area contributed by atoms with Crippen molar-refractivity contribution in [2.24, 2.45) is 0 Å². The van der Waals surface area contributed by atoms with Crippen LogP contribution in [0, 0.1) is 0 Å². The van der Waals surface area contributed by atoms with E-state index in [4.69, 9.17) is 16.0 Å². The highest BCUT2D eigenvalue weighted by atomic mass is 35.5. The number of rotatable bonds is 6. The maximum Gasteiger partial charge on any atom is 0.243 e. The summed E-state index contributed by atoms with van der Waals surface area (Å²) in [6.45, 7) is 0.335. The number of halogens is 1. The first kappa shape index (κ1) is 21.1. The second-order valence-electron chi connectivity index (χ2n) is 7.68. The van der Waals surface area contributed by atoms with Gasteiger partial charge in [-0.05, 0) is 54.8 Å². The Bertz CT molecular complexity index is 1040. The first-order valence-electron chi connectivity index (χ1n) is 10.3. The van der Waals surface area contributed by atoms with E-state index in [0.29, 0.717) is 17.5 Å². The smallest absolute Gasteiger partial charge is 0.243 e. The van der Waals surface area contributed by atoms with Crippen molar-refractivity contribution in [3.05, 3.63) is 71.6 Å². The van der Waals surface area contributed by atoms with Crippen molar-refractivity contribution in [3.8, 4) is 11.5 Å². The predicted octanol–water partition coefficient (Wildman–Crippen LogP) is 5.91. The fraction of sp³-hybridized carbons (Fsp3) is 0.348. The lowest BCUT2D eigenvalue weighted by atomic mass is 10.1. The molecule has 5 nitrogen and oxygen atoms in total. The van der Waals surface area contributed by atoms with Gasteiger partial charge >= 0.3 is 0 Å². The van der Waals surface area contributed by atoms with Crippen LogP contribution in [0.4, 0.5) is 0 Å². The van der Waals surface area contributed by atoms with Gasteiger partial charge in [-0.1, -0.05) is 49.4 Å². The van der Waals surface area contributed by atoms with Gasteiger partial charge in [0.2, 0.25) is 15.9 Å². The summed E-state index contributed by atoms with van der Waals surface area (Å²) >= 11 is 5.98. The third-order valence-corrected chi connectivity index (χ3v) is 7.79. The minimum atomic E-state index is -3.64. The summed E-state index contributed by atoms with van der Waals surface area (Å²) in [7, 11) is -3.64. The number of aromatic nitrogens is 1. The topological polar surface area (TPSA) is 63.4 Å². The van der Waals surface area contributed by atoms with Crippen LogP contribution in [0.2, 0.25) is 5.02 Å². The summed E-state index contributed by atoms with van der Waals surface area (Å²) in [5, 5.41) is 0.525. The first-order chi connectivity index (χ1) is 14.5. The van der Waals surface area contributed by atoms with Crippen LogP contribution in [0.15, 0.2) is 70.3 Å². The van der Waals surface area contributed by atoms with Crippen LogP contribution in [0.25, 0.3) is 11.5 Å². The molecule has 1 aliphatic carbocycles. The third-order valence-electron chi connectivity index (χ3n) is 5.62. The van der Waals surface area contributed by atoms with Gasteiger partial charge in [0.15, 0.2) is 0 Å². The van der Waals surface area contributed by atoms with Crippen LogP contribution in [0.5, 0.6) is 0 Å². The fourth-order valence-corrected chi connectivity index (χ4v) is 5.80. The van der Waals surface area contributed by atoms with Crippen molar-refractivity contribution >= 4 is 21.6 Å². The van der Waals surface area contributed by atoms with E-state index in [1.807, 2.05) is 24.3 Å². The first-order valence-corrected chi connectivity index (χ1v) is 12.1. The SMILES string of the molecule is O=S(=O)(c1ccc(Cl)cc1)N(Cc1ccc(-c2ncco2)cc1)C1CCCCCC1. The number of nitrogens with zero attached hydrogens (tertiary/aromatic N) is 2.